The molecule has 1 aromatic heterocycles. The normalized spacial score (nSPS) is 12.2. The van der Waals surface area contributed by atoms with Crippen molar-refractivity contribution in [2.75, 3.05) is 5.32 Å². The van der Waals surface area contributed by atoms with Crippen LogP contribution in [0.4, 0.5) is 14.5 Å². The lowest BCUT2D eigenvalue weighted by atomic mass is 10.1. The molecule has 1 aromatic carbocycles. The van der Waals surface area contributed by atoms with Crippen molar-refractivity contribution >= 4 is 5.69 Å². The number of benzene rings is 1. The highest BCUT2D eigenvalue weighted by molar-refractivity contribution is 5.43. The van der Waals surface area contributed by atoms with E-state index < -0.39 is 11.6 Å². The molecule has 0 amide bonds. The van der Waals surface area contributed by atoms with Gasteiger partial charge in [-0.2, -0.15) is 0 Å². The van der Waals surface area contributed by atoms with E-state index in [0.29, 0.717) is 12.1 Å². The fourth-order valence-electron chi connectivity index (χ4n) is 2.15. The summed E-state index contributed by atoms with van der Waals surface area (Å²) in [6, 6.07) is 6.81. The summed E-state index contributed by atoms with van der Waals surface area (Å²) in [5.74, 6) is -1.72. The number of aromatic nitrogens is 1. The first-order chi connectivity index (χ1) is 10.0. The second kappa shape index (κ2) is 6.52. The lowest BCUT2D eigenvalue weighted by Crippen LogP contribution is -2.19. The van der Waals surface area contributed by atoms with Gasteiger partial charge in [-0.1, -0.05) is 13.0 Å². The third-order valence-electron chi connectivity index (χ3n) is 3.27. The quantitative estimate of drug-likeness (QED) is 0.911. The Morgan fingerprint density at radius 2 is 1.95 bits per heavy atom. The molecule has 112 valence electrons. The first-order valence-corrected chi connectivity index (χ1v) is 6.93. The van der Waals surface area contributed by atoms with Crippen LogP contribution in [-0.4, -0.2) is 4.57 Å². The Bertz CT molecular complexity index is 682. The van der Waals surface area contributed by atoms with Gasteiger partial charge in [0.2, 0.25) is 0 Å². The number of rotatable bonds is 5. The number of aryl methyl sites for hydroxylation is 1. The van der Waals surface area contributed by atoms with Crippen molar-refractivity contribution in [1.82, 2.24) is 4.57 Å². The molecule has 0 saturated carbocycles. The number of hydrogen-bond donors (Lipinski definition) is 1. The zero-order chi connectivity index (χ0) is 15.4. The number of halogens is 2. The van der Waals surface area contributed by atoms with Crippen LogP contribution < -0.4 is 10.9 Å². The molecule has 0 saturated heterocycles. The maximum atomic E-state index is 13.2. The van der Waals surface area contributed by atoms with Crippen LogP contribution in [0.1, 0.15) is 31.9 Å². The molecule has 0 aliphatic rings. The molecular formula is C16H18F2N2O. The lowest BCUT2D eigenvalue weighted by Gasteiger charge is -2.17. The van der Waals surface area contributed by atoms with Gasteiger partial charge in [0.1, 0.15) is 0 Å². The van der Waals surface area contributed by atoms with Crippen molar-refractivity contribution in [3.8, 4) is 0 Å². The second-order valence-electron chi connectivity index (χ2n) is 4.99. The largest absolute Gasteiger partial charge is 0.377 e. The molecule has 2 rings (SSSR count). The molecule has 0 fully saturated rings. The molecule has 1 atom stereocenters. The number of pyridine rings is 1. The predicted molar refractivity (Wildman–Crippen MR) is 79.4 cm³/mol. The Morgan fingerprint density at radius 3 is 2.62 bits per heavy atom. The minimum Gasteiger partial charge on any atom is -0.377 e. The summed E-state index contributed by atoms with van der Waals surface area (Å²) >= 11 is 0. The number of hydrogen-bond acceptors (Lipinski definition) is 2. The van der Waals surface area contributed by atoms with E-state index in [0.717, 1.165) is 18.2 Å². The molecule has 0 radical (unpaired) electrons. The van der Waals surface area contributed by atoms with Gasteiger partial charge in [-0.05, 0) is 37.1 Å². The molecule has 21 heavy (non-hydrogen) atoms. The smallest absolute Gasteiger partial charge is 0.250 e. The van der Waals surface area contributed by atoms with E-state index in [1.807, 2.05) is 13.8 Å². The van der Waals surface area contributed by atoms with E-state index in [4.69, 9.17) is 0 Å². The van der Waals surface area contributed by atoms with Crippen molar-refractivity contribution < 1.29 is 8.78 Å². The lowest BCUT2D eigenvalue weighted by molar-refractivity contribution is 0.506. The summed E-state index contributed by atoms with van der Waals surface area (Å²) in [7, 11) is 0. The Hall–Kier alpha value is -2.17. The zero-order valence-electron chi connectivity index (χ0n) is 12.1. The van der Waals surface area contributed by atoms with E-state index in [1.54, 1.807) is 16.8 Å². The van der Waals surface area contributed by atoms with Crippen LogP contribution in [0.2, 0.25) is 0 Å². The van der Waals surface area contributed by atoms with Gasteiger partial charge in [-0.15, -0.1) is 0 Å². The number of nitrogens with zero attached hydrogens (tertiary/aromatic N) is 1. The fraction of sp³-hybridized carbons (Fsp3) is 0.312. The van der Waals surface area contributed by atoms with Gasteiger partial charge in [0.25, 0.3) is 5.56 Å². The maximum Gasteiger partial charge on any atom is 0.250 e. The fourth-order valence-corrected chi connectivity index (χ4v) is 2.15. The standard InChI is InChI=1S/C16H18F2N2O/c1-3-8-20-10-13(5-7-16(20)21)19-11(2)12-4-6-14(17)15(18)9-12/h4-7,9-11,19H,3,8H2,1-2H3. The van der Waals surface area contributed by atoms with Crippen molar-refractivity contribution in [3.63, 3.8) is 0 Å². The molecule has 1 heterocycles. The Kier molecular flexibility index (Phi) is 4.73. The van der Waals surface area contributed by atoms with E-state index in [1.165, 1.54) is 18.2 Å². The van der Waals surface area contributed by atoms with Crippen molar-refractivity contribution in [1.29, 1.82) is 0 Å². The van der Waals surface area contributed by atoms with Gasteiger partial charge in [0.15, 0.2) is 11.6 Å². The highest BCUT2D eigenvalue weighted by Crippen LogP contribution is 2.20. The number of anilines is 1. The zero-order valence-corrected chi connectivity index (χ0v) is 12.1. The van der Waals surface area contributed by atoms with Crippen molar-refractivity contribution in [2.45, 2.75) is 32.9 Å². The summed E-state index contributed by atoms with van der Waals surface area (Å²) in [6.07, 6.45) is 2.60. The van der Waals surface area contributed by atoms with Crippen LogP contribution in [-0.2, 0) is 6.54 Å². The molecule has 0 aliphatic heterocycles. The Balaban J connectivity index is 2.18. The summed E-state index contributed by atoms with van der Waals surface area (Å²) in [4.78, 5) is 11.6. The first kappa shape index (κ1) is 15.2. The topological polar surface area (TPSA) is 34.0 Å². The monoisotopic (exact) mass is 292 g/mol. The molecule has 2 aromatic rings. The predicted octanol–water partition coefficient (Wildman–Crippen LogP) is 3.71. The highest BCUT2D eigenvalue weighted by atomic mass is 19.2. The van der Waals surface area contributed by atoms with Crippen LogP contribution in [0.25, 0.3) is 0 Å². The third-order valence-corrected chi connectivity index (χ3v) is 3.27. The highest BCUT2D eigenvalue weighted by Gasteiger charge is 2.09. The van der Waals surface area contributed by atoms with Crippen LogP contribution in [0.15, 0.2) is 41.3 Å². The molecular weight excluding hydrogens is 274 g/mol. The average molecular weight is 292 g/mol. The summed E-state index contributed by atoms with van der Waals surface area (Å²) < 4.78 is 27.8. The molecule has 3 nitrogen and oxygen atoms in total. The maximum absolute atomic E-state index is 13.2. The summed E-state index contributed by atoms with van der Waals surface area (Å²) in [5, 5.41) is 3.18. The van der Waals surface area contributed by atoms with Crippen LogP contribution in [0.3, 0.4) is 0 Å². The molecule has 5 heteroatoms. The number of nitrogens with one attached hydrogen (secondary N) is 1. The first-order valence-electron chi connectivity index (χ1n) is 6.93. The van der Waals surface area contributed by atoms with Crippen molar-refractivity contribution in [3.05, 3.63) is 64.1 Å². The Labute approximate surface area is 122 Å². The van der Waals surface area contributed by atoms with Crippen LogP contribution in [0.5, 0.6) is 0 Å². The molecule has 0 aliphatic carbocycles. The third kappa shape index (κ3) is 3.68. The van der Waals surface area contributed by atoms with E-state index >= 15 is 0 Å². The van der Waals surface area contributed by atoms with Gasteiger partial charge in [0.05, 0.1) is 5.69 Å². The minimum atomic E-state index is -0.864. The SMILES string of the molecule is CCCn1cc(NC(C)c2ccc(F)c(F)c2)ccc1=O. The summed E-state index contributed by atoms with van der Waals surface area (Å²) in [6.45, 7) is 4.49. The van der Waals surface area contributed by atoms with Gasteiger partial charge in [0, 0.05) is 24.8 Å². The van der Waals surface area contributed by atoms with Crippen LogP contribution in [0, 0.1) is 11.6 Å². The van der Waals surface area contributed by atoms with E-state index in [9.17, 15) is 13.6 Å². The summed E-state index contributed by atoms with van der Waals surface area (Å²) in [5.41, 5.74) is 1.35. The average Bonchev–Trinajstić information content (AvgIpc) is 2.45. The van der Waals surface area contributed by atoms with E-state index in [-0.39, 0.29) is 11.6 Å². The molecule has 1 unspecified atom stereocenters. The van der Waals surface area contributed by atoms with Gasteiger partial charge in [-0.3, -0.25) is 4.79 Å². The van der Waals surface area contributed by atoms with Gasteiger partial charge in [-0.25, -0.2) is 8.78 Å². The Morgan fingerprint density at radius 1 is 1.19 bits per heavy atom. The second-order valence-corrected chi connectivity index (χ2v) is 4.99. The van der Waals surface area contributed by atoms with Crippen LogP contribution >= 0.6 is 0 Å². The van der Waals surface area contributed by atoms with E-state index in [2.05, 4.69) is 5.32 Å². The van der Waals surface area contributed by atoms with Crippen molar-refractivity contribution in [2.24, 2.45) is 0 Å². The van der Waals surface area contributed by atoms with Gasteiger partial charge < -0.3 is 9.88 Å². The molecule has 1 N–H and O–H groups in total. The van der Waals surface area contributed by atoms with Gasteiger partial charge >= 0.3 is 0 Å². The molecule has 0 bridgehead atoms. The minimum absolute atomic E-state index is 0.0529. The molecule has 0 spiro atoms.